The van der Waals surface area contributed by atoms with Gasteiger partial charge in [0, 0.05) is 17.3 Å². The number of aliphatic imine (C=N–C) groups is 1. The first-order valence-corrected chi connectivity index (χ1v) is 9.57. The van der Waals surface area contributed by atoms with E-state index in [2.05, 4.69) is 15.3 Å². The number of methoxy groups -OCH3 is 1. The number of nitrogens with one attached hydrogen (secondary N) is 1. The molecule has 1 aromatic carbocycles. The number of anilines is 1. The third-order valence-corrected chi connectivity index (χ3v) is 5.41. The van der Waals surface area contributed by atoms with Gasteiger partial charge in [-0.15, -0.1) is 0 Å². The fourth-order valence-electron chi connectivity index (χ4n) is 3.04. The molecule has 32 heavy (non-hydrogen) atoms. The second-order valence-corrected chi connectivity index (χ2v) is 7.79. The Morgan fingerprint density at radius 1 is 1.28 bits per heavy atom. The second kappa shape index (κ2) is 8.21. The molecule has 3 N–H and O–H groups in total. The first-order chi connectivity index (χ1) is 14.8. The van der Waals surface area contributed by atoms with Gasteiger partial charge in [-0.1, -0.05) is 11.6 Å². The summed E-state index contributed by atoms with van der Waals surface area (Å²) in [5.41, 5.74) is 1.31. The van der Waals surface area contributed by atoms with Gasteiger partial charge in [-0.25, -0.2) is 9.37 Å². The minimum absolute atomic E-state index is 0.0359. The molecule has 0 radical (unpaired) electrons. The molecule has 1 amide bonds. The van der Waals surface area contributed by atoms with Gasteiger partial charge in [0.15, 0.2) is 0 Å². The van der Waals surface area contributed by atoms with Crippen molar-refractivity contribution in [3.63, 3.8) is 0 Å². The maximum atomic E-state index is 14.6. The summed E-state index contributed by atoms with van der Waals surface area (Å²) in [7, 11) is 1.39. The standard InChI is InChI=1S/C20H19ClF4N4O3/c1-18(9-32-19(2,17(26)29-18)20(23,24)25)12-8-10(4-6-13(12)22)27-16(30)11-5-7-14(31-3)28-15(11)21/h4-8H,9H2,1-3H3,(H2,26,29)(H,27,30)/t18-,19+/m0/s1. The van der Waals surface area contributed by atoms with Gasteiger partial charge < -0.3 is 20.5 Å². The molecule has 2 atom stereocenters. The Labute approximate surface area is 185 Å². The van der Waals surface area contributed by atoms with Crippen molar-refractivity contribution < 1.29 is 31.8 Å². The topological polar surface area (TPSA) is 98.8 Å². The number of carbonyl (C=O) groups excluding carboxylic acids is 1. The highest BCUT2D eigenvalue weighted by molar-refractivity contribution is 6.33. The number of carbonyl (C=O) groups is 1. The van der Waals surface area contributed by atoms with Crippen LogP contribution in [0.2, 0.25) is 5.15 Å². The number of amides is 1. The summed E-state index contributed by atoms with van der Waals surface area (Å²) in [5.74, 6) is -2.02. The average molecular weight is 475 g/mol. The fraction of sp³-hybridized carbons (Fsp3) is 0.350. The van der Waals surface area contributed by atoms with Crippen LogP contribution in [-0.2, 0) is 10.3 Å². The van der Waals surface area contributed by atoms with Crippen LogP contribution >= 0.6 is 11.6 Å². The highest BCUT2D eigenvalue weighted by atomic mass is 35.5. The van der Waals surface area contributed by atoms with Crippen molar-refractivity contribution in [1.29, 1.82) is 0 Å². The van der Waals surface area contributed by atoms with Crippen molar-refractivity contribution in [3.05, 3.63) is 52.4 Å². The zero-order valence-corrected chi connectivity index (χ0v) is 17.9. The number of nitrogens with two attached hydrogens (primary N) is 1. The number of rotatable bonds is 4. The molecule has 0 fully saturated rings. The highest BCUT2D eigenvalue weighted by Crippen LogP contribution is 2.41. The minimum atomic E-state index is -4.80. The van der Waals surface area contributed by atoms with Crippen LogP contribution in [0.25, 0.3) is 0 Å². The van der Waals surface area contributed by atoms with Crippen LogP contribution in [0.5, 0.6) is 5.88 Å². The van der Waals surface area contributed by atoms with E-state index in [0.29, 0.717) is 0 Å². The summed E-state index contributed by atoms with van der Waals surface area (Å²) >= 11 is 6.00. The Kier molecular flexibility index (Phi) is 6.09. The van der Waals surface area contributed by atoms with Gasteiger partial charge in [-0.3, -0.25) is 9.79 Å². The van der Waals surface area contributed by atoms with Crippen LogP contribution in [-0.4, -0.2) is 42.2 Å². The Morgan fingerprint density at radius 3 is 2.53 bits per heavy atom. The van der Waals surface area contributed by atoms with E-state index in [1.165, 1.54) is 38.3 Å². The third-order valence-electron chi connectivity index (χ3n) is 5.12. The summed E-state index contributed by atoms with van der Waals surface area (Å²) in [6.45, 7) is 1.54. The smallest absolute Gasteiger partial charge is 0.424 e. The van der Waals surface area contributed by atoms with E-state index in [9.17, 15) is 22.4 Å². The number of alkyl halides is 3. The third kappa shape index (κ3) is 4.22. The largest absolute Gasteiger partial charge is 0.481 e. The van der Waals surface area contributed by atoms with Crippen LogP contribution in [0, 0.1) is 5.82 Å². The molecule has 2 heterocycles. The molecule has 2 aromatic rings. The van der Waals surface area contributed by atoms with Gasteiger partial charge in [0.1, 0.15) is 22.3 Å². The molecule has 0 unspecified atom stereocenters. The second-order valence-electron chi connectivity index (χ2n) is 7.43. The van der Waals surface area contributed by atoms with Gasteiger partial charge in [-0.2, -0.15) is 13.2 Å². The number of benzene rings is 1. The van der Waals surface area contributed by atoms with Crippen molar-refractivity contribution in [3.8, 4) is 5.88 Å². The van der Waals surface area contributed by atoms with E-state index in [0.717, 1.165) is 13.0 Å². The summed E-state index contributed by atoms with van der Waals surface area (Å²) in [6.07, 6.45) is -4.80. The van der Waals surface area contributed by atoms with E-state index >= 15 is 0 Å². The average Bonchev–Trinajstić information content (AvgIpc) is 2.71. The normalized spacial score (nSPS) is 23.4. The zero-order chi connectivity index (χ0) is 23.9. The van der Waals surface area contributed by atoms with E-state index in [4.69, 9.17) is 26.8 Å². The number of halogens is 5. The number of aromatic nitrogens is 1. The molecule has 0 saturated heterocycles. The molecule has 12 heteroatoms. The Bertz CT molecular complexity index is 1090. The predicted octanol–water partition coefficient (Wildman–Crippen LogP) is 4.06. The van der Waals surface area contributed by atoms with Crippen molar-refractivity contribution in [2.24, 2.45) is 10.7 Å². The van der Waals surface area contributed by atoms with Crippen molar-refractivity contribution in [1.82, 2.24) is 4.98 Å². The van der Waals surface area contributed by atoms with E-state index in [1.54, 1.807) is 0 Å². The molecule has 3 rings (SSSR count). The number of ether oxygens (including phenoxy) is 2. The molecule has 1 aliphatic heterocycles. The molecule has 172 valence electrons. The first-order valence-electron chi connectivity index (χ1n) is 9.19. The minimum Gasteiger partial charge on any atom is -0.481 e. The quantitative estimate of drug-likeness (QED) is 0.514. The summed E-state index contributed by atoms with van der Waals surface area (Å²) < 4.78 is 64.5. The Morgan fingerprint density at radius 2 is 1.97 bits per heavy atom. The van der Waals surface area contributed by atoms with E-state index in [-0.39, 0.29) is 27.8 Å². The summed E-state index contributed by atoms with van der Waals surface area (Å²) in [6, 6.07) is 6.41. The molecular weight excluding hydrogens is 456 g/mol. The molecule has 0 spiro atoms. The lowest BCUT2D eigenvalue weighted by Crippen LogP contribution is -2.60. The number of amidine groups is 1. The zero-order valence-electron chi connectivity index (χ0n) is 17.2. The predicted molar refractivity (Wildman–Crippen MR) is 110 cm³/mol. The first kappa shape index (κ1) is 23.7. The van der Waals surface area contributed by atoms with Gasteiger partial charge in [0.05, 0.1) is 19.3 Å². The highest BCUT2D eigenvalue weighted by Gasteiger charge is 2.59. The molecule has 0 aliphatic carbocycles. The molecular formula is C20H19ClF4N4O3. The molecule has 1 aliphatic rings. The lowest BCUT2D eigenvalue weighted by molar-refractivity contribution is -0.249. The SMILES string of the molecule is COc1ccc(C(=O)Nc2ccc(F)c([C@]3(C)CO[C@@](C)(C(F)(F)F)C(N)=N3)c2)c(Cl)n1. The van der Waals surface area contributed by atoms with E-state index < -0.39 is 41.5 Å². The lowest BCUT2D eigenvalue weighted by atomic mass is 9.89. The van der Waals surface area contributed by atoms with Crippen molar-refractivity contribution in [2.45, 2.75) is 31.2 Å². The van der Waals surface area contributed by atoms with Crippen LogP contribution in [0.4, 0.5) is 23.2 Å². The monoisotopic (exact) mass is 474 g/mol. The number of nitrogens with zero attached hydrogens (tertiary/aromatic N) is 2. The lowest BCUT2D eigenvalue weighted by Gasteiger charge is -2.41. The van der Waals surface area contributed by atoms with Gasteiger partial charge in [0.25, 0.3) is 5.91 Å². The summed E-state index contributed by atoms with van der Waals surface area (Å²) in [4.78, 5) is 20.4. The van der Waals surface area contributed by atoms with Crippen LogP contribution in [0.1, 0.15) is 29.8 Å². The maximum Gasteiger partial charge on any atom is 0.424 e. The molecule has 1 aromatic heterocycles. The Balaban J connectivity index is 1.92. The van der Waals surface area contributed by atoms with E-state index in [1.807, 2.05) is 0 Å². The maximum absolute atomic E-state index is 14.6. The van der Waals surface area contributed by atoms with Crippen LogP contribution < -0.4 is 15.8 Å². The van der Waals surface area contributed by atoms with Crippen molar-refractivity contribution in [2.75, 3.05) is 19.0 Å². The van der Waals surface area contributed by atoms with Crippen molar-refractivity contribution >= 4 is 29.0 Å². The van der Waals surface area contributed by atoms with Crippen LogP contribution in [0.3, 0.4) is 0 Å². The molecule has 7 nitrogen and oxygen atoms in total. The van der Waals surface area contributed by atoms with Gasteiger partial charge in [0.2, 0.25) is 11.5 Å². The molecule has 0 saturated carbocycles. The fourth-order valence-corrected chi connectivity index (χ4v) is 3.28. The van der Waals surface area contributed by atoms with Gasteiger partial charge in [-0.05, 0) is 38.1 Å². The molecule has 0 bridgehead atoms. The van der Waals surface area contributed by atoms with Crippen LogP contribution in [0.15, 0.2) is 35.3 Å². The Hall–Kier alpha value is -2.92. The number of hydrogen-bond donors (Lipinski definition) is 2. The number of pyridine rings is 1. The van der Waals surface area contributed by atoms with Gasteiger partial charge >= 0.3 is 6.18 Å². The number of hydrogen-bond acceptors (Lipinski definition) is 6. The summed E-state index contributed by atoms with van der Waals surface area (Å²) in [5, 5.41) is 2.43.